The van der Waals surface area contributed by atoms with E-state index in [-0.39, 0.29) is 0 Å². The van der Waals surface area contributed by atoms with E-state index in [4.69, 9.17) is 0 Å². The van der Waals surface area contributed by atoms with Crippen LogP contribution in [-0.2, 0) is 5.60 Å². The van der Waals surface area contributed by atoms with Gasteiger partial charge in [0, 0.05) is 0 Å². The maximum Gasteiger partial charge on any atom is 0.0899 e. The Bertz CT molecular complexity index is 408. The van der Waals surface area contributed by atoms with Gasteiger partial charge in [-0.25, -0.2) is 0 Å². The minimum atomic E-state index is -0.681. The lowest BCUT2D eigenvalue weighted by Crippen LogP contribution is -2.37. The van der Waals surface area contributed by atoms with Crippen LogP contribution in [0.2, 0.25) is 0 Å². The first-order valence-electron chi connectivity index (χ1n) is 7.21. The Labute approximate surface area is 111 Å². The predicted molar refractivity (Wildman–Crippen MR) is 76.4 cm³/mol. The Morgan fingerprint density at radius 3 is 2.39 bits per heavy atom. The van der Waals surface area contributed by atoms with Crippen molar-refractivity contribution in [2.45, 2.75) is 52.6 Å². The molecule has 1 aliphatic carbocycles. The highest BCUT2D eigenvalue weighted by molar-refractivity contribution is 5.31. The lowest BCUT2D eigenvalue weighted by molar-refractivity contribution is -0.0375. The predicted octanol–water partition coefficient (Wildman–Crippen LogP) is 4.27. The standard InChI is InChI=1S/C17H26O/c1-12-9-10-15(11-14(12)3)17(4,18)16-8-6-5-7-13(16)2/h5-8,12,14-15,18H,9-11H2,1-4H3. The fourth-order valence-corrected chi connectivity index (χ4v) is 3.42. The van der Waals surface area contributed by atoms with E-state index in [9.17, 15) is 5.11 Å². The van der Waals surface area contributed by atoms with Gasteiger partial charge in [-0.05, 0) is 55.6 Å². The zero-order chi connectivity index (χ0) is 13.3. The molecule has 1 nitrogen and oxygen atoms in total. The highest BCUT2D eigenvalue weighted by Crippen LogP contribution is 2.43. The molecular weight excluding hydrogens is 220 g/mol. The summed E-state index contributed by atoms with van der Waals surface area (Å²) in [6.07, 6.45) is 3.53. The van der Waals surface area contributed by atoms with E-state index >= 15 is 0 Å². The van der Waals surface area contributed by atoms with Crippen LogP contribution in [0.1, 0.15) is 51.2 Å². The number of rotatable bonds is 2. The van der Waals surface area contributed by atoms with Crippen molar-refractivity contribution in [3.8, 4) is 0 Å². The van der Waals surface area contributed by atoms with Crippen molar-refractivity contribution in [3.63, 3.8) is 0 Å². The van der Waals surface area contributed by atoms with E-state index in [0.29, 0.717) is 5.92 Å². The molecular formula is C17H26O. The Hall–Kier alpha value is -0.820. The van der Waals surface area contributed by atoms with Gasteiger partial charge in [-0.2, -0.15) is 0 Å². The smallest absolute Gasteiger partial charge is 0.0899 e. The average Bonchev–Trinajstić information content (AvgIpc) is 2.33. The highest BCUT2D eigenvalue weighted by atomic mass is 16.3. The van der Waals surface area contributed by atoms with Gasteiger partial charge in [-0.15, -0.1) is 0 Å². The first kappa shape index (κ1) is 13.6. The van der Waals surface area contributed by atoms with Crippen molar-refractivity contribution >= 4 is 0 Å². The van der Waals surface area contributed by atoms with Crippen molar-refractivity contribution in [2.24, 2.45) is 17.8 Å². The number of aliphatic hydroxyl groups is 1. The zero-order valence-corrected chi connectivity index (χ0v) is 12.1. The molecule has 1 aromatic rings. The molecule has 0 aliphatic heterocycles. The first-order chi connectivity index (χ1) is 8.43. The number of hydrogen-bond donors (Lipinski definition) is 1. The van der Waals surface area contributed by atoms with Crippen LogP contribution in [0.15, 0.2) is 24.3 Å². The van der Waals surface area contributed by atoms with E-state index in [1.165, 1.54) is 12.0 Å². The third kappa shape index (κ3) is 2.47. The van der Waals surface area contributed by atoms with E-state index < -0.39 is 5.60 Å². The van der Waals surface area contributed by atoms with Crippen molar-refractivity contribution in [2.75, 3.05) is 0 Å². The molecule has 0 amide bonds. The molecule has 0 bridgehead atoms. The summed E-state index contributed by atoms with van der Waals surface area (Å²) in [4.78, 5) is 0. The Kier molecular flexibility index (Phi) is 3.82. The molecule has 1 heteroatoms. The lowest BCUT2D eigenvalue weighted by Gasteiger charge is -2.41. The molecule has 0 aromatic heterocycles. The second-order valence-electron chi connectivity index (χ2n) is 6.43. The molecule has 100 valence electrons. The van der Waals surface area contributed by atoms with Gasteiger partial charge < -0.3 is 5.11 Å². The van der Waals surface area contributed by atoms with Gasteiger partial charge in [0.1, 0.15) is 0 Å². The van der Waals surface area contributed by atoms with Crippen LogP contribution in [0.5, 0.6) is 0 Å². The van der Waals surface area contributed by atoms with E-state index in [1.807, 2.05) is 19.1 Å². The van der Waals surface area contributed by atoms with Crippen LogP contribution < -0.4 is 0 Å². The average molecular weight is 246 g/mol. The van der Waals surface area contributed by atoms with Crippen LogP contribution in [-0.4, -0.2) is 5.11 Å². The topological polar surface area (TPSA) is 20.2 Å². The molecule has 1 fully saturated rings. The summed E-state index contributed by atoms with van der Waals surface area (Å²) in [5.41, 5.74) is 1.63. The van der Waals surface area contributed by atoms with Gasteiger partial charge in [0.15, 0.2) is 0 Å². The van der Waals surface area contributed by atoms with Gasteiger partial charge in [-0.1, -0.05) is 44.5 Å². The quantitative estimate of drug-likeness (QED) is 0.826. The van der Waals surface area contributed by atoms with Crippen molar-refractivity contribution in [1.82, 2.24) is 0 Å². The van der Waals surface area contributed by atoms with Gasteiger partial charge in [0.05, 0.1) is 5.60 Å². The maximum atomic E-state index is 11.0. The Morgan fingerprint density at radius 1 is 1.11 bits per heavy atom. The van der Waals surface area contributed by atoms with Gasteiger partial charge in [-0.3, -0.25) is 0 Å². The number of aryl methyl sites for hydroxylation is 1. The van der Waals surface area contributed by atoms with Crippen LogP contribution in [0, 0.1) is 24.7 Å². The molecule has 1 saturated carbocycles. The molecule has 18 heavy (non-hydrogen) atoms. The summed E-state index contributed by atoms with van der Waals surface area (Å²) < 4.78 is 0. The number of hydrogen-bond acceptors (Lipinski definition) is 1. The third-order valence-electron chi connectivity index (χ3n) is 5.08. The van der Waals surface area contributed by atoms with Crippen molar-refractivity contribution < 1.29 is 5.11 Å². The fourth-order valence-electron chi connectivity index (χ4n) is 3.42. The third-order valence-corrected chi connectivity index (χ3v) is 5.08. The molecule has 0 spiro atoms. The molecule has 4 unspecified atom stereocenters. The zero-order valence-electron chi connectivity index (χ0n) is 12.1. The summed E-state index contributed by atoms with van der Waals surface area (Å²) in [6.45, 7) is 8.76. The molecule has 1 aliphatic rings. The molecule has 1 aromatic carbocycles. The number of benzene rings is 1. The molecule has 0 heterocycles. The van der Waals surface area contributed by atoms with Crippen LogP contribution in [0.25, 0.3) is 0 Å². The molecule has 2 rings (SSSR count). The summed E-state index contributed by atoms with van der Waals surface area (Å²) in [5, 5.41) is 11.0. The van der Waals surface area contributed by atoms with Gasteiger partial charge in [0.25, 0.3) is 0 Å². The largest absolute Gasteiger partial charge is 0.385 e. The maximum absolute atomic E-state index is 11.0. The van der Waals surface area contributed by atoms with Crippen LogP contribution in [0.3, 0.4) is 0 Å². The molecule has 0 saturated heterocycles. The Balaban J connectivity index is 2.24. The Morgan fingerprint density at radius 2 is 1.78 bits per heavy atom. The minimum absolute atomic E-state index is 0.393. The van der Waals surface area contributed by atoms with Crippen molar-refractivity contribution in [1.29, 1.82) is 0 Å². The first-order valence-corrected chi connectivity index (χ1v) is 7.21. The van der Waals surface area contributed by atoms with Gasteiger partial charge >= 0.3 is 0 Å². The second kappa shape index (κ2) is 5.05. The van der Waals surface area contributed by atoms with Crippen LogP contribution >= 0.6 is 0 Å². The van der Waals surface area contributed by atoms with E-state index in [0.717, 1.165) is 30.2 Å². The fraction of sp³-hybridized carbons (Fsp3) is 0.647. The van der Waals surface area contributed by atoms with Crippen molar-refractivity contribution in [3.05, 3.63) is 35.4 Å². The molecule has 4 atom stereocenters. The second-order valence-corrected chi connectivity index (χ2v) is 6.43. The minimum Gasteiger partial charge on any atom is -0.385 e. The van der Waals surface area contributed by atoms with Gasteiger partial charge in [0.2, 0.25) is 0 Å². The monoisotopic (exact) mass is 246 g/mol. The molecule has 1 N–H and O–H groups in total. The lowest BCUT2D eigenvalue weighted by atomic mass is 9.67. The van der Waals surface area contributed by atoms with E-state index in [2.05, 4.69) is 32.9 Å². The summed E-state index contributed by atoms with van der Waals surface area (Å²) in [7, 11) is 0. The highest BCUT2D eigenvalue weighted by Gasteiger charge is 2.38. The summed E-state index contributed by atoms with van der Waals surface area (Å²) in [6, 6.07) is 8.25. The van der Waals surface area contributed by atoms with Crippen LogP contribution in [0.4, 0.5) is 0 Å². The molecule has 0 radical (unpaired) electrons. The summed E-state index contributed by atoms with van der Waals surface area (Å²) >= 11 is 0. The SMILES string of the molecule is Cc1ccccc1C(C)(O)C1CCC(C)C(C)C1. The normalized spacial score (nSPS) is 31.9. The summed E-state index contributed by atoms with van der Waals surface area (Å²) in [5.74, 6) is 1.91. The van der Waals surface area contributed by atoms with E-state index in [1.54, 1.807) is 0 Å².